The summed E-state index contributed by atoms with van der Waals surface area (Å²) in [6.45, 7) is 0.896. The zero-order chi connectivity index (χ0) is 15.9. The van der Waals surface area contributed by atoms with E-state index in [9.17, 15) is 0 Å². The minimum atomic E-state index is 0.896. The summed E-state index contributed by atoms with van der Waals surface area (Å²) in [5.74, 6) is 0. The highest BCUT2D eigenvalue weighted by Gasteiger charge is 2.05. The SMILES string of the molecule is c1ccc2[nH]c(CCn3cnc4c(ccc5nccc54)c3)cc2c1. The summed E-state index contributed by atoms with van der Waals surface area (Å²) in [4.78, 5) is 12.5. The fraction of sp³-hybridized carbons (Fsp3) is 0.100. The molecule has 24 heavy (non-hydrogen) atoms. The number of aromatic amines is 1. The fourth-order valence-electron chi connectivity index (χ4n) is 3.32. The molecule has 0 unspecified atom stereocenters. The van der Waals surface area contributed by atoms with Gasteiger partial charge in [-0.25, -0.2) is 4.98 Å². The molecule has 0 radical (unpaired) electrons. The van der Waals surface area contributed by atoms with Crippen molar-refractivity contribution in [2.45, 2.75) is 13.0 Å². The van der Waals surface area contributed by atoms with Crippen molar-refractivity contribution in [1.29, 1.82) is 0 Å². The van der Waals surface area contributed by atoms with E-state index in [0.717, 1.165) is 34.8 Å². The molecular weight excluding hydrogens is 296 g/mol. The fourth-order valence-corrected chi connectivity index (χ4v) is 3.32. The van der Waals surface area contributed by atoms with Gasteiger partial charge in [0.15, 0.2) is 0 Å². The Labute approximate surface area is 138 Å². The molecule has 0 aliphatic rings. The maximum atomic E-state index is 4.65. The lowest BCUT2D eigenvalue weighted by molar-refractivity contribution is 0.676. The Morgan fingerprint density at radius 1 is 0.958 bits per heavy atom. The van der Waals surface area contributed by atoms with E-state index in [2.05, 4.69) is 68.2 Å². The Bertz CT molecular complexity index is 1130. The summed E-state index contributed by atoms with van der Waals surface area (Å²) in [6, 6.07) is 16.8. The molecule has 4 nitrogen and oxygen atoms in total. The molecular formula is C20H16N4. The van der Waals surface area contributed by atoms with Crippen LogP contribution in [0.25, 0.3) is 32.7 Å². The Balaban J connectivity index is 1.44. The summed E-state index contributed by atoms with van der Waals surface area (Å²) in [5.41, 5.74) is 4.47. The second-order valence-electron chi connectivity index (χ2n) is 6.12. The van der Waals surface area contributed by atoms with E-state index < -0.39 is 0 Å². The number of H-pyrrole nitrogens is 1. The normalized spacial score (nSPS) is 11.7. The van der Waals surface area contributed by atoms with Crippen LogP contribution in [0.5, 0.6) is 0 Å². The number of aromatic nitrogens is 4. The average molecular weight is 312 g/mol. The van der Waals surface area contributed by atoms with Crippen molar-refractivity contribution in [2.24, 2.45) is 0 Å². The number of hydrogen-bond donors (Lipinski definition) is 1. The van der Waals surface area contributed by atoms with Gasteiger partial charge in [-0.15, -0.1) is 0 Å². The molecule has 0 aliphatic carbocycles. The summed E-state index contributed by atoms with van der Waals surface area (Å²) >= 11 is 0. The third-order valence-corrected chi connectivity index (χ3v) is 4.55. The first-order chi connectivity index (χ1) is 11.9. The second kappa shape index (κ2) is 5.20. The monoisotopic (exact) mass is 312 g/mol. The van der Waals surface area contributed by atoms with Gasteiger partial charge in [-0.1, -0.05) is 18.2 Å². The van der Waals surface area contributed by atoms with Crippen LogP contribution in [0.15, 0.2) is 67.3 Å². The molecule has 4 heteroatoms. The minimum Gasteiger partial charge on any atom is -0.358 e. The lowest BCUT2D eigenvalue weighted by Crippen LogP contribution is -2.03. The van der Waals surface area contributed by atoms with Crippen molar-refractivity contribution < 1.29 is 0 Å². The standard InChI is InChI=1S/C20H16N4/c1-2-4-18-14(3-1)11-16(23-18)8-10-24-12-15-5-6-19-17(7-9-21-19)20(15)22-13-24/h1-7,9,11-13,23H,8,10H2. The number of fused-ring (bicyclic) bond motifs is 4. The number of nitrogens with zero attached hydrogens (tertiary/aromatic N) is 3. The van der Waals surface area contributed by atoms with Crippen molar-refractivity contribution in [1.82, 2.24) is 19.5 Å². The summed E-state index contributed by atoms with van der Waals surface area (Å²) in [5, 5.41) is 3.53. The Morgan fingerprint density at radius 3 is 2.88 bits per heavy atom. The van der Waals surface area contributed by atoms with Crippen molar-refractivity contribution in [3.05, 3.63) is 72.9 Å². The molecule has 2 aromatic carbocycles. The molecule has 0 saturated carbocycles. The molecule has 0 spiro atoms. The van der Waals surface area contributed by atoms with Crippen LogP contribution in [0.2, 0.25) is 0 Å². The second-order valence-corrected chi connectivity index (χ2v) is 6.12. The minimum absolute atomic E-state index is 0.896. The van der Waals surface area contributed by atoms with Crippen molar-refractivity contribution in [3.8, 4) is 0 Å². The predicted molar refractivity (Wildman–Crippen MR) is 97.0 cm³/mol. The highest BCUT2D eigenvalue weighted by molar-refractivity contribution is 6.03. The summed E-state index contributed by atoms with van der Waals surface area (Å²) < 4.78 is 2.15. The van der Waals surface area contributed by atoms with Gasteiger partial charge in [-0.3, -0.25) is 4.98 Å². The van der Waals surface area contributed by atoms with Crippen LogP contribution < -0.4 is 0 Å². The van der Waals surface area contributed by atoms with Crippen molar-refractivity contribution in [3.63, 3.8) is 0 Å². The van der Waals surface area contributed by atoms with Crippen molar-refractivity contribution >= 4 is 32.7 Å². The van der Waals surface area contributed by atoms with Gasteiger partial charge in [-0.2, -0.15) is 0 Å². The maximum absolute atomic E-state index is 4.65. The number of aryl methyl sites for hydroxylation is 2. The van der Waals surface area contributed by atoms with Gasteiger partial charge in [0.25, 0.3) is 0 Å². The van der Waals surface area contributed by atoms with E-state index in [1.54, 1.807) is 0 Å². The van der Waals surface area contributed by atoms with Gasteiger partial charge in [0.2, 0.25) is 0 Å². The Kier molecular flexibility index (Phi) is 2.88. The molecule has 3 aromatic heterocycles. The lowest BCUT2D eigenvalue weighted by Gasteiger charge is -2.07. The van der Waals surface area contributed by atoms with Gasteiger partial charge < -0.3 is 9.55 Å². The molecule has 1 N–H and O–H groups in total. The van der Waals surface area contributed by atoms with Crippen LogP contribution in [0.1, 0.15) is 5.69 Å². The maximum Gasteiger partial charge on any atom is 0.0952 e. The van der Waals surface area contributed by atoms with Crippen molar-refractivity contribution in [2.75, 3.05) is 0 Å². The quantitative estimate of drug-likeness (QED) is 0.539. The molecule has 5 rings (SSSR count). The smallest absolute Gasteiger partial charge is 0.0952 e. The number of rotatable bonds is 3. The molecule has 0 fully saturated rings. The van der Waals surface area contributed by atoms with Crippen LogP contribution >= 0.6 is 0 Å². The van der Waals surface area contributed by atoms with Gasteiger partial charge in [0.05, 0.1) is 17.4 Å². The molecule has 0 atom stereocenters. The van der Waals surface area contributed by atoms with Crippen LogP contribution in [0, 0.1) is 0 Å². The van der Waals surface area contributed by atoms with E-state index >= 15 is 0 Å². The van der Waals surface area contributed by atoms with E-state index in [4.69, 9.17) is 0 Å². The highest BCUT2D eigenvalue weighted by Crippen LogP contribution is 2.22. The number of para-hydroxylation sites is 1. The third-order valence-electron chi connectivity index (χ3n) is 4.55. The van der Waals surface area contributed by atoms with Gasteiger partial charge in [0.1, 0.15) is 0 Å². The summed E-state index contributed by atoms with van der Waals surface area (Å²) in [6.07, 6.45) is 6.87. The Morgan fingerprint density at radius 2 is 1.92 bits per heavy atom. The molecule has 0 bridgehead atoms. The largest absolute Gasteiger partial charge is 0.358 e. The first-order valence-electron chi connectivity index (χ1n) is 8.13. The Hall–Kier alpha value is -3.14. The summed E-state index contributed by atoms with van der Waals surface area (Å²) in [7, 11) is 0. The molecule has 0 amide bonds. The first-order valence-corrected chi connectivity index (χ1v) is 8.13. The zero-order valence-corrected chi connectivity index (χ0v) is 13.1. The number of nitrogens with one attached hydrogen (secondary N) is 1. The van der Waals surface area contributed by atoms with E-state index in [0.29, 0.717) is 0 Å². The van der Waals surface area contributed by atoms with Crippen LogP contribution in [0.4, 0.5) is 0 Å². The first kappa shape index (κ1) is 13.3. The topological polar surface area (TPSA) is 46.5 Å². The van der Waals surface area contributed by atoms with E-state index in [1.807, 2.05) is 18.6 Å². The van der Waals surface area contributed by atoms with Crippen LogP contribution in [-0.2, 0) is 13.0 Å². The van der Waals surface area contributed by atoms with Crippen LogP contribution in [0.3, 0.4) is 0 Å². The van der Waals surface area contributed by atoms with Crippen LogP contribution in [-0.4, -0.2) is 19.5 Å². The number of hydrogen-bond acceptors (Lipinski definition) is 2. The van der Waals surface area contributed by atoms with Gasteiger partial charge >= 0.3 is 0 Å². The molecule has 0 saturated heterocycles. The molecule has 116 valence electrons. The van der Waals surface area contributed by atoms with Gasteiger partial charge in [-0.05, 0) is 35.7 Å². The highest BCUT2D eigenvalue weighted by atomic mass is 15.0. The third kappa shape index (κ3) is 2.15. The van der Waals surface area contributed by atoms with E-state index in [-0.39, 0.29) is 0 Å². The molecule has 0 aliphatic heterocycles. The lowest BCUT2D eigenvalue weighted by atomic mass is 10.2. The molecule has 3 heterocycles. The average Bonchev–Trinajstić information content (AvgIpc) is 3.25. The van der Waals surface area contributed by atoms with E-state index in [1.165, 1.54) is 16.6 Å². The zero-order valence-electron chi connectivity index (χ0n) is 13.1. The number of benzene rings is 2. The van der Waals surface area contributed by atoms with Gasteiger partial charge in [0, 0.05) is 47.3 Å². The molecule has 5 aromatic rings. The predicted octanol–water partition coefficient (Wildman–Crippen LogP) is 4.31.